The third kappa shape index (κ3) is 5.74. The number of carbonyl (C=O) groups is 1. The standard InChI is InChI=1S/C19H23Cl2N3O2S/c20-12-7-8-14(15(21)11-12)17(25)22-10-9-16-18(26)24-19(27-16)23-13-5-3-1-2-4-6-13/h7-8,11,13,26H,1-6,9-10H2,(H,22,25)(H,23,24). The van der Waals surface area contributed by atoms with E-state index in [2.05, 4.69) is 15.6 Å². The smallest absolute Gasteiger partial charge is 0.252 e. The predicted molar refractivity (Wildman–Crippen MR) is 111 cm³/mol. The van der Waals surface area contributed by atoms with Gasteiger partial charge in [0, 0.05) is 24.0 Å². The Balaban J connectivity index is 1.52. The minimum Gasteiger partial charge on any atom is -0.492 e. The molecule has 0 atom stereocenters. The van der Waals surface area contributed by atoms with Crippen LogP contribution in [0.15, 0.2) is 18.2 Å². The van der Waals surface area contributed by atoms with E-state index >= 15 is 0 Å². The molecule has 1 aromatic heterocycles. The molecule has 0 saturated heterocycles. The summed E-state index contributed by atoms with van der Waals surface area (Å²) in [4.78, 5) is 17.2. The highest BCUT2D eigenvalue weighted by molar-refractivity contribution is 7.15. The van der Waals surface area contributed by atoms with E-state index in [1.807, 2.05) is 0 Å². The summed E-state index contributed by atoms with van der Waals surface area (Å²) >= 11 is 13.3. The summed E-state index contributed by atoms with van der Waals surface area (Å²) in [6.07, 6.45) is 7.87. The summed E-state index contributed by atoms with van der Waals surface area (Å²) in [5.41, 5.74) is 0.380. The first-order valence-electron chi connectivity index (χ1n) is 9.21. The van der Waals surface area contributed by atoms with Gasteiger partial charge in [0.05, 0.1) is 15.5 Å². The van der Waals surface area contributed by atoms with E-state index in [1.165, 1.54) is 37.0 Å². The maximum atomic E-state index is 12.2. The quantitative estimate of drug-likeness (QED) is 0.549. The van der Waals surface area contributed by atoms with Gasteiger partial charge in [-0.15, -0.1) is 0 Å². The molecule has 0 unspecified atom stereocenters. The zero-order valence-corrected chi connectivity index (χ0v) is 17.3. The Labute approximate surface area is 173 Å². The van der Waals surface area contributed by atoms with Gasteiger partial charge in [-0.25, -0.2) is 0 Å². The first-order valence-corrected chi connectivity index (χ1v) is 10.8. The molecule has 3 rings (SSSR count). The van der Waals surface area contributed by atoms with Crippen molar-refractivity contribution in [3.8, 4) is 5.88 Å². The molecule has 1 heterocycles. The van der Waals surface area contributed by atoms with Crippen molar-refractivity contribution in [3.63, 3.8) is 0 Å². The van der Waals surface area contributed by atoms with E-state index in [0.717, 1.165) is 22.9 Å². The summed E-state index contributed by atoms with van der Waals surface area (Å²) in [6, 6.07) is 5.19. The van der Waals surface area contributed by atoms with Gasteiger partial charge >= 0.3 is 0 Å². The van der Waals surface area contributed by atoms with Crippen LogP contribution in [0.25, 0.3) is 0 Å². The first kappa shape index (κ1) is 20.2. The van der Waals surface area contributed by atoms with Gasteiger partial charge in [0.25, 0.3) is 5.91 Å². The van der Waals surface area contributed by atoms with Crippen LogP contribution in [-0.2, 0) is 6.42 Å². The molecule has 146 valence electrons. The van der Waals surface area contributed by atoms with Crippen molar-refractivity contribution in [1.29, 1.82) is 0 Å². The average molecular weight is 428 g/mol. The van der Waals surface area contributed by atoms with Gasteiger partial charge in [-0.3, -0.25) is 4.79 Å². The number of carbonyl (C=O) groups excluding carboxylic acids is 1. The highest BCUT2D eigenvalue weighted by Crippen LogP contribution is 2.30. The number of aromatic nitrogens is 1. The zero-order chi connectivity index (χ0) is 19.2. The molecule has 0 aliphatic heterocycles. The Morgan fingerprint density at radius 2 is 1.96 bits per heavy atom. The summed E-state index contributed by atoms with van der Waals surface area (Å²) < 4.78 is 0. The molecule has 0 spiro atoms. The molecule has 0 radical (unpaired) electrons. The molecular formula is C19H23Cl2N3O2S. The van der Waals surface area contributed by atoms with Crippen LogP contribution in [0.2, 0.25) is 10.0 Å². The Bertz CT molecular complexity index is 789. The summed E-state index contributed by atoms with van der Waals surface area (Å²) in [5.74, 6) is -0.229. The van der Waals surface area contributed by atoms with Crippen LogP contribution in [-0.4, -0.2) is 28.6 Å². The number of amides is 1. The molecule has 1 fully saturated rings. The van der Waals surface area contributed by atoms with Crippen molar-refractivity contribution in [2.45, 2.75) is 51.0 Å². The monoisotopic (exact) mass is 427 g/mol. The number of halogens is 2. The topological polar surface area (TPSA) is 74.2 Å². The van der Waals surface area contributed by atoms with Crippen molar-refractivity contribution < 1.29 is 9.90 Å². The lowest BCUT2D eigenvalue weighted by atomic mass is 10.1. The van der Waals surface area contributed by atoms with Gasteiger partial charge in [0.2, 0.25) is 5.88 Å². The molecule has 1 aromatic carbocycles. The molecule has 8 heteroatoms. The van der Waals surface area contributed by atoms with Crippen molar-refractivity contribution in [1.82, 2.24) is 10.3 Å². The van der Waals surface area contributed by atoms with Crippen LogP contribution in [0.4, 0.5) is 5.13 Å². The van der Waals surface area contributed by atoms with Gasteiger partial charge in [0.1, 0.15) is 0 Å². The molecule has 1 amide bonds. The van der Waals surface area contributed by atoms with Gasteiger partial charge in [-0.2, -0.15) is 4.98 Å². The molecule has 2 aromatic rings. The van der Waals surface area contributed by atoms with Crippen molar-refractivity contribution >= 4 is 45.6 Å². The van der Waals surface area contributed by atoms with Gasteiger partial charge in [-0.1, -0.05) is 60.2 Å². The fourth-order valence-corrected chi connectivity index (χ4v) is 4.65. The van der Waals surface area contributed by atoms with E-state index in [9.17, 15) is 9.90 Å². The Hall–Kier alpha value is -1.50. The van der Waals surface area contributed by atoms with E-state index in [4.69, 9.17) is 23.2 Å². The van der Waals surface area contributed by atoms with Gasteiger partial charge < -0.3 is 15.7 Å². The first-order chi connectivity index (χ1) is 13.0. The summed E-state index contributed by atoms with van der Waals surface area (Å²) in [5, 5.41) is 17.9. The number of hydrogen-bond donors (Lipinski definition) is 3. The second-order valence-electron chi connectivity index (χ2n) is 6.73. The minimum atomic E-state index is -0.266. The maximum Gasteiger partial charge on any atom is 0.252 e. The largest absolute Gasteiger partial charge is 0.492 e. The van der Waals surface area contributed by atoms with Crippen LogP contribution in [0.3, 0.4) is 0 Å². The molecule has 0 bridgehead atoms. The second kappa shape index (κ2) is 9.62. The van der Waals surface area contributed by atoms with Crippen molar-refractivity contribution in [2.24, 2.45) is 0 Å². The number of rotatable bonds is 6. The van der Waals surface area contributed by atoms with Crippen molar-refractivity contribution in [3.05, 3.63) is 38.7 Å². The van der Waals surface area contributed by atoms with Crippen LogP contribution in [0, 0.1) is 0 Å². The van der Waals surface area contributed by atoms with Crippen LogP contribution in [0.1, 0.15) is 53.8 Å². The number of nitrogens with zero attached hydrogens (tertiary/aromatic N) is 1. The molecule has 5 nitrogen and oxygen atoms in total. The summed E-state index contributed by atoms with van der Waals surface area (Å²) in [7, 11) is 0. The Kier molecular flexibility index (Phi) is 7.21. The van der Waals surface area contributed by atoms with Crippen LogP contribution < -0.4 is 10.6 Å². The molecular weight excluding hydrogens is 405 g/mol. The van der Waals surface area contributed by atoms with Gasteiger partial charge in [0.15, 0.2) is 5.13 Å². The lowest BCUT2D eigenvalue weighted by Crippen LogP contribution is -2.25. The summed E-state index contributed by atoms with van der Waals surface area (Å²) in [6.45, 7) is 0.385. The normalized spacial score (nSPS) is 15.3. The number of anilines is 1. The SMILES string of the molecule is O=C(NCCc1sc(NC2CCCCCC2)nc1O)c1ccc(Cl)cc1Cl. The van der Waals surface area contributed by atoms with Crippen molar-refractivity contribution in [2.75, 3.05) is 11.9 Å². The number of thiazole rings is 1. The lowest BCUT2D eigenvalue weighted by molar-refractivity contribution is 0.0954. The maximum absolute atomic E-state index is 12.2. The Morgan fingerprint density at radius 3 is 2.67 bits per heavy atom. The number of hydrogen-bond acceptors (Lipinski definition) is 5. The fourth-order valence-electron chi connectivity index (χ4n) is 3.23. The molecule has 1 aliphatic rings. The zero-order valence-electron chi connectivity index (χ0n) is 14.9. The number of nitrogens with one attached hydrogen (secondary N) is 2. The molecule has 1 aliphatic carbocycles. The second-order valence-corrected chi connectivity index (χ2v) is 8.66. The lowest BCUT2D eigenvalue weighted by Gasteiger charge is -2.14. The van der Waals surface area contributed by atoms with E-state index in [1.54, 1.807) is 18.2 Å². The minimum absolute atomic E-state index is 0.0369. The molecule has 3 N–H and O–H groups in total. The van der Waals surface area contributed by atoms with Crippen LogP contribution in [0.5, 0.6) is 5.88 Å². The predicted octanol–water partition coefficient (Wildman–Crippen LogP) is 5.26. The van der Waals surface area contributed by atoms with Crippen LogP contribution >= 0.6 is 34.5 Å². The fraction of sp³-hybridized carbons (Fsp3) is 0.474. The highest BCUT2D eigenvalue weighted by Gasteiger charge is 2.16. The highest BCUT2D eigenvalue weighted by atomic mass is 35.5. The Morgan fingerprint density at radius 1 is 1.22 bits per heavy atom. The van der Waals surface area contributed by atoms with E-state index < -0.39 is 0 Å². The molecule has 27 heavy (non-hydrogen) atoms. The molecule has 1 saturated carbocycles. The third-order valence-electron chi connectivity index (χ3n) is 4.67. The number of aromatic hydroxyl groups is 1. The third-order valence-corrected chi connectivity index (χ3v) is 6.26. The van der Waals surface area contributed by atoms with Gasteiger partial charge in [-0.05, 0) is 31.0 Å². The average Bonchev–Trinajstić information content (AvgIpc) is 2.81. The van der Waals surface area contributed by atoms with E-state index in [-0.39, 0.29) is 11.8 Å². The van der Waals surface area contributed by atoms with E-state index in [0.29, 0.717) is 34.6 Å². The number of benzene rings is 1.